The lowest BCUT2D eigenvalue weighted by Gasteiger charge is -2.44. The third kappa shape index (κ3) is 2.50. The molecule has 0 aromatic carbocycles. The first-order valence-corrected chi connectivity index (χ1v) is 6.28. The van der Waals surface area contributed by atoms with E-state index in [2.05, 4.69) is 0 Å². The van der Waals surface area contributed by atoms with Crippen LogP contribution in [-0.2, 0) is 9.59 Å². The average Bonchev–Trinajstić information content (AvgIpc) is 2.36. The fourth-order valence-corrected chi connectivity index (χ4v) is 3.29. The van der Waals surface area contributed by atoms with Gasteiger partial charge in [-0.1, -0.05) is 0 Å². The van der Waals surface area contributed by atoms with E-state index in [9.17, 15) is 29.8 Å². The molecule has 2 aliphatic rings. The summed E-state index contributed by atoms with van der Waals surface area (Å²) in [5, 5.41) is 40.8. The molecule has 120 valence electrons. The Morgan fingerprint density at radius 1 is 1.23 bits per heavy atom. The van der Waals surface area contributed by atoms with Crippen LogP contribution in [-0.4, -0.2) is 67.6 Å². The second kappa shape index (κ2) is 5.02. The highest BCUT2D eigenvalue weighted by molar-refractivity contribution is 5.87. The highest BCUT2D eigenvalue weighted by Crippen LogP contribution is 2.43. The van der Waals surface area contributed by atoms with Crippen LogP contribution in [0.5, 0.6) is 0 Å². The van der Waals surface area contributed by atoms with Crippen molar-refractivity contribution in [3.8, 4) is 0 Å². The molecule has 0 aromatic rings. The molecule has 1 heterocycles. The fourth-order valence-electron chi connectivity index (χ4n) is 3.29. The van der Waals surface area contributed by atoms with Crippen molar-refractivity contribution in [3.05, 3.63) is 31.9 Å². The minimum absolute atomic E-state index is 0.341. The van der Waals surface area contributed by atoms with Gasteiger partial charge in [0, 0.05) is 21.5 Å². The maximum atomic E-state index is 11.4. The largest absolute Gasteiger partial charge is 0.480 e. The number of rotatable bonds is 5. The lowest BCUT2D eigenvalue weighted by atomic mass is 9.69. The number of aliphatic carboxylic acids is 2. The molecule has 0 amide bonds. The third-order valence-corrected chi connectivity index (χ3v) is 4.00. The van der Waals surface area contributed by atoms with Gasteiger partial charge in [0.25, 0.3) is 5.54 Å². The third-order valence-electron chi connectivity index (χ3n) is 4.00. The standard InChI is InChI=1S/C11H13N3O8/c15-8(16)3-12-5-10(13(19)20)1-7(9(17)18)2-11(4-10,6-12)14(21)22/h1H,2-6H2,(H,15,16)(H,17,18)/t10-,11+/m1/s1. The minimum atomic E-state index is -1.97. The normalized spacial score (nSPS) is 31.2. The number of nitrogens with zero attached hydrogens (tertiary/aromatic N) is 3. The zero-order chi connectivity index (χ0) is 16.7. The summed E-state index contributed by atoms with van der Waals surface area (Å²) in [6, 6.07) is 0. The molecule has 2 N–H and O–H groups in total. The van der Waals surface area contributed by atoms with Gasteiger partial charge in [0.05, 0.1) is 32.5 Å². The summed E-state index contributed by atoms with van der Waals surface area (Å²) < 4.78 is 0. The van der Waals surface area contributed by atoms with Crippen molar-refractivity contribution in [1.82, 2.24) is 4.90 Å². The first kappa shape index (κ1) is 15.8. The van der Waals surface area contributed by atoms with Gasteiger partial charge in [-0.25, -0.2) is 4.79 Å². The smallest absolute Gasteiger partial charge is 0.331 e. The number of carboxylic acids is 2. The predicted octanol–water partition coefficient (Wildman–Crippen LogP) is -0.778. The maximum Gasteiger partial charge on any atom is 0.331 e. The van der Waals surface area contributed by atoms with E-state index in [0.29, 0.717) is 0 Å². The van der Waals surface area contributed by atoms with Gasteiger partial charge in [-0.15, -0.1) is 0 Å². The molecule has 1 fully saturated rings. The lowest BCUT2D eigenvalue weighted by Crippen LogP contribution is -2.67. The molecule has 2 rings (SSSR count). The number of carboxylic acid groups (broad SMARTS) is 2. The van der Waals surface area contributed by atoms with Crippen LogP contribution >= 0.6 is 0 Å². The Kier molecular flexibility index (Phi) is 3.61. The van der Waals surface area contributed by atoms with Crippen LogP contribution in [0.25, 0.3) is 0 Å². The number of carbonyl (C=O) groups is 2. The molecule has 1 aliphatic carbocycles. The topological polar surface area (TPSA) is 164 Å². The van der Waals surface area contributed by atoms with E-state index in [1.54, 1.807) is 0 Å². The SMILES string of the molecule is O=C(O)CN1C[C@@]2([N+](=O)[O-])C=C(C(=O)O)C[C@@]([N+](=O)[O-])(C1)C2. The molecule has 0 radical (unpaired) electrons. The molecule has 2 bridgehead atoms. The molecule has 11 heteroatoms. The van der Waals surface area contributed by atoms with Gasteiger partial charge in [0.1, 0.15) is 0 Å². The van der Waals surface area contributed by atoms with Crippen molar-refractivity contribution in [2.45, 2.75) is 23.9 Å². The number of fused-ring (bicyclic) bond motifs is 2. The Hall–Kier alpha value is -2.56. The van der Waals surface area contributed by atoms with Crippen molar-refractivity contribution >= 4 is 11.9 Å². The van der Waals surface area contributed by atoms with E-state index < -0.39 is 52.2 Å². The summed E-state index contributed by atoms with van der Waals surface area (Å²) >= 11 is 0. The average molecular weight is 315 g/mol. The van der Waals surface area contributed by atoms with Crippen LogP contribution in [0, 0.1) is 20.2 Å². The van der Waals surface area contributed by atoms with Crippen LogP contribution in [0.2, 0.25) is 0 Å². The molecule has 2 atom stereocenters. The van der Waals surface area contributed by atoms with Gasteiger partial charge in [-0.2, -0.15) is 0 Å². The lowest BCUT2D eigenvalue weighted by molar-refractivity contribution is -0.619. The van der Waals surface area contributed by atoms with Crippen molar-refractivity contribution in [3.63, 3.8) is 0 Å². The number of likely N-dealkylation sites (tertiary alicyclic amines) is 1. The molecule has 0 saturated carbocycles. The molecule has 1 saturated heterocycles. The highest BCUT2D eigenvalue weighted by atomic mass is 16.6. The van der Waals surface area contributed by atoms with Gasteiger partial charge in [0.2, 0.25) is 5.54 Å². The molecule has 0 unspecified atom stereocenters. The van der Waals surface area contributed by atoms with Gasteiger partial charge in [0.15, 0.2) is 0 Å². The van der Waals surface area contributed by atoms with Crippen LogP contribution in [0.15, 0.2) is 11.6 Å². The first-order chi connectivity index (χ1) is 10.1. The summed E-state index contributed by atoms with van der Waals surface area (Å²) in [4.78, 5) is 44.5. The Morgan fingerprint density at radius 2 is 1.86 bits per heavy atom. The van der Waals surface area contributed by atoms with Crippen molar-refractivity contribution in [2.24, 2.45) is 0 Å². The summed E-state index contributed by atoms with van der Waals surface area (Å²) in [7, 11) is 0. The van der Waals surface area contributed by atoms with E-state index in [1.807, 2.05) is 0 Å². The molecule has 0 aromatic heterocycles. The van der Waals surface area contributed by atoms with Crippen molar-refractivity contribution in [1.29, 1.82) is 0 Å². The highest BCUT2D eigenvalue weighted by Gasteiger charge is 2.64. The van der Waals surface area contributed by atoms with E-state index in [4.69, 9.17) is 10.2 Å². The maximum absolute atomic E-state index is 11.4. The second-order valence-electron chi connectivity index (χ2n) is 5.71. The fraction of sp³-hybridized carbons (Fsp3) is 0.636. The quantitative estimate of drug-likeness (QED) is 0.489. The number of piperidine rings is 1. The van der Waals surface area contributed by atoms with Crippen molar-refractivity contribution < 1.29 is 29.6 Å². The molecular weight excluding hydrogens is 302 g/mol. The van der Waals surface area contributed by atoms with E-state index in [0.717, 1.165) is 11.0 Å². The molecule has 11 nitrogen and oxygen atoms in total. The van der Waals surface area contributed by atoms with Gasteiger partial charge >= 0.3 is 11.9 Å². The predicted molar refractivity (Wildman–Crippen MR) is 68.5 cm³/mol. The van der Waals surface area contributed by atoms with Crippen LogP contribution in [0.3, 0.4) is 0 Å². The number of hydrogen-bond acceptors (Lipinski definition) is 7. The Morgan fingerprint density at radius 3 is 2.32 bits per heavy atom. The number of nitro groups is 2. The van der Waals surface area contributed by atoms with Gasteiger partial charge in [-0.3, -0.25) is 29.9 Å². The molecule has 22 heavy (non-hydrogen) atoms. The molecule has 1 aliphatic heterocycles. The minimum Gasteiger partial charge on any atom is -0.480 e. The summed E-state index contributed by atoms with van der Waals surface area (Å²) in [6.45, 7) is -1.30. The zero-order valence-corrected chi connectivity index (χ0v) is 11.3. The first-order valence-electron chi connectivity index (χ1n) is 6.28. The van der Waals surface area contributed by atoms with E-state index in [-0.39, 0.29) is 18.7 Å². The van der Waals surface area contributed by atoms with Gasteiger partial charge < -0.3 is 10.2 Å². The Labute approximate surface area is 123 Å². The number of hydrogen-bond donors (Lipinski definition) is 2. The Bertz CT molecular complexity index is 602. The summed E-state index contributed by atoms with van der Waals surface area (Å²) in [5.41, 5.74) is -4.22. The Balaban J connectivity index is 2.54. The van der Waals surface area contributed by atoms with E-state index >= 15 is 0 Å². The van der Waals surface area contributed by atoms with E-state index in [1.165, 1.54) is 0 Å². The van der Waals surface area contributed by atoms with Crippen LogP contribution in [0.1, 0.15) is 12.8 Å². The zero-order valence-electron chi connectivity index (χ0n) is 11.3. The van der Waals surface area contributed by atoms with Gasteiger partial charge in [-0.05, 0) is 0 Å². The van der Waals surface area contributed by atoms with Crippen LogP contribution in [0.4, 0.5) is 0 Å². The molecular formula is C11H13N3O8. The van der Waals surface area contributed by atoms with Crippen molar-refractivity contribution in [2.75, 3.05) is 19.6 Å². The second-order valence-corrected chi connectivity index (χ2v) is 5.71. The monoisotopic (exact) mass is 315 g/mol. The summed E-state index contributed by atoms with van der Waals surface area (Å²) in [5.74, 6) is -2.71. The summed E-state index contributed by atoms with van der Waals surface area (Å²) in [6.07, 6.45) is -0.000957. The molecule has 0 spiro atoms. The van der Waals surface area contributed by atoms with Crippen LogP contribution < -0.4 is 0 Å².